The number of hydrogen-bond donors (Lipinski definition) is 0. The number of benzene rings is 1. The summed E-state index contributed by atoms with van der Waals surface area (Å²) in [5.41, 5.74) is 2.21. The Hall–Kier alpha value is -1.91. The van der Waals surface area contributed by atoms with Gasteiger partial charge in [-0.3, -0.25) is 14.9 Å². The van der Waals surface area contributed by atoms with Gasteiger partial charge in [0, 0.05) is 30.9 Å². The van der Waals surface area contributed by atoms with Crippen LogP contribution in [0.3, 0.4) is 0 Å². The molecule has 0 aliphatic carbocycles. The third-order valence-corrected chi connectivity index (χ3v) is 3.32. The molecule has 1 amide bonds. The molecule has 2 rings (SSSR count). The van der Waals surface area contributed by atoms with E-state index in [9.17, 15) is 14.9 Å². The number of carbonyl (C=O) groups is 1. The molecule has 1 aliphatic rings. The average molecular weight is 248 g/mol. The van der Waals surface area contributed by atoms with Crippen molar-refractivity contribution in [1.29, 1.82) is 0 Å². The van der Waals surface area contributed by atoms with Crippen LogP contribution in [0.15, 0.2) is 24.3 Å². The molecule has 5 heteroatoms. The van der Waals surface area contributed by atoms with Crippen molar-refractivity contribution < 1.29 is 9.72 Å². The van der Waals surface area contributed by atoms with Crippen molar-refractivity contribution in [2.24, 2.45) is 5.92 Å². The van der Waals surface area contributed by atoms with E-state index >= 15 is 0 Å². The predicted octanol–water partition coefficient (Wildman–Crippen LogP) is 1.48. The van der Waals surface area contributed by atoms with Gasteiger partial charge < -0.3 is 4.90 Å². The van der Waals surface area contributed by atoms with Crippen LogP contribution in [0.5, 0.6) is 0 Å². The van der Waals surface area contributed by atoms with Gasteiger partial charge in [-0.2, -0.15) is 0 Å². The van der Waals surface area contributed by atoms with E-state index < -0.39 is 0 Å². The highest BCUT2D eigenvalue weighted by molar-refractivity contribution is 5.73. The lowest BCUT2D eigenvalue weighted by Gasteiger charge is -2.21. The smallest absolute Gasteiger partial charge is 0.219 e. The van der Waals surface area contributed by atoms with Crippen LogP contribution in [0.4, 0.5) is 0 Å². The third kappa shape index (κ3) is 2.85. The maximum atomic E-state index is 11.5. The van der Waals surface area contributed by atoms with Crippen LogP contribution in [0.2, 0.25) is 0 Å². The van der Waals surface area contributed by atoms with Gasteiger partial charge in [-0.1, -0.05) is 24.3 Å². The van der Waals surface area contributed by atoms with Crippen molar-refractivity contribution in [2.45, 2.75) is 19.9 Å². The van der Waals surface area contributed by atoms with Crippen LogP contribution < -0.4 is 0 Å². The van der Waals surface area contributed by atoms with Gasteiger partial charge in [-0.15, -0.1) is 0 Å². The van der Waals surface area contributed by atoms with E-state index in [2.05, 4.69) is 0 Å². The number of nitro groups is 1. The zero-order valence-electron chi connectivity index (χ0n) is 10.3. The standard InChI is InChI=1S/C13H16N2O3/c1-10(16)14-7-11(8-15(17)18)6-12-4-2-3-5-13(12)9-14/h2-5,11H,6-9H2,1H3. The Kier molecular flexibility index (Phi) is 3.60. The first-order valence-electron chi connectivity index (χ1n) is 6.00. The zero-order valence-corrected chi connectivity index (χ0v) is 10.3. The van der Waals surface area contributed by atoms with Crippen molar-refractivity contribution in [1.82, 2.24) is 4.90 Å². The molecule has 18 heavy (non-hydrogen) atoms. The highest BCUT2D eigenvalue weighted by Gasteiger charge is 2.26. The van der Waals surface area contributed by atoms with Gasteiger partial charge in [-0.05, 0) is 17.5 Å². The molecule has 0 saturated heterocycles. The van der Waals surface area contributed by atoms with Crippen molar-refractivity contribution >= 4 is 5.91 Å². The summed E-state index contributed by atoms with van der Waals surface area (Å²) in [6, 6.07) is 7.85. The molecular formula is C13H16N2O3. The van der Waals surface area contributed by atoms with Crippen LogP contribution in [0.1, 0.15) is 18.1 Å². The summed E-state index contributed by atoms with van der Waals surface area (Å²) in [6.45, 7) is 2.44. The first-order valence-corrected chi connectivity index (χ1v) is 6.00. The molecule has 1 unspecified atom stereocenters. The van der Waals surface area contributed by atoms with E-state index in [0.717, 1.165) is 11.1 Å². The van der Waals surface area contributed by atoms with Crippen molar-refractivity contribution in [3.63, 3.8) is 0 Å². The normalized spacial score (nSPS) is 18.9. The summed E-state index contributed by atoms with van der Waals surface area (Å²) >= 11 is 0. The largest absolute Gasteiger partial charge is 0.338 e. The predicted molar refractivity (Wildman–Crippen MR) is 66.6 cm³/mol. The molecule has 0 N–H and O–H groups in total. The Labute approximate surface area is 106 Å². The van der Waals surface area contributed by atoms with E-state index in [4.69, 9.17) is 0 Å². The monoisotopic (exact) mass is 248 g/mol. The molecule has 0 bridgehead atoms. The number of carbonyl (C=O) groups excluding carboxylic acids is 1. The van der Waals surface area contributed by atoms with Gasteiger partial charge in [0.2, 0.25) is 12.5 Å². The lowest BCUT2D eigenvalue weighted by atomic mass is 9.97. The fourth-order valence-corrected chi connectivity index (χ4v) is 2.44. The van der Waals surface area contributed by atoms with Gasteiger partial charge in [-0.25, -0.2) is 0 Å². The Bertz CT molecular complexity index is 473. The van der Waals surface area contributed by atoms with Gasteiger partial charge in [0.15, 0.2) is 0 Å². The van der Waals surface area contributed by atoms with Gasteiger partial charge >= 0.3 is 0 Å². The minimum absolute atomic E-state index is 0.0277. The molecule has 1 heterocycles. The van der Waals surface area contributed by atoms with E-state index in [-0.39, 0.29) is 23.3 Å². The zero-order chi connectivity index (χ0) is 13.1. The lowest BCUT2D eigenvalue weighted by molar-refractivity contribution is -0.488. The quantitative estimate of drug-likeness (QED) is 0.588. The molecule has 0 fully saturated rings. The molecule has 0 radical (unpaired) electrons. The molecule has 1 aromatic carbocycles. The Balaban J connectivity index is 2.27. The maximum Gasteiger partial charge on any atom is 0.219 e. The highest BCUT2D eigenvalue weighted by Crippen LogP contribution is 2.22. The van der Waals surface area contributed by atoms with Crippen LogP contribution in [-0.4, -0.2) is 28.8 Å². The minimum Gasteiger partial charge on any atom is -0.338 e. The van der Waals surface area contributed by atoms with Crippen LogP contribution in [0.25, 0.3) is 0 Å². The second-order valence-corrected chi connectivity index (χ2v) is 4.75. The van der Waals surface area contributed by atoms with E-state index in [1.807, 2.05) is 24.3 Å². The fourth-order valence-electron chi connectivity index (χ4n) is 2.44. The number of hydrogen-bond acceptors (Lipinski definition) is 3. The fraction of sp³-hybridized carbons (Fsp3) is 0.462. The summed E-state index contributed by atoms with van der Waals surface area (Å²) in [5, 5.41) is 10.7. The Morgan fingerprint density at radius 1 is 1.44 bits per heavy atom. The number of fused-ring (bicyclic) bond motifs is 1. The lowest BCUT2D eigenvalue weighted by Crippen LogP contribution is -2.34. The third-order valence-electron chi connectivity index (χ3n) is 3.32. The minimum atomic E-state index is -0.295. The number of rotatable bonds is 2. The van der Waals surface area contributed by atoms with Crippen molar-refractivity contribution in [2.75, 3.05) is 13.1 Å². The summed E-state index contributed by atoms with van der Waals surface area (Å²) in [7, 11) is 0. The Morgan fingerprint density at radius 2 is 2.11 bits per heavy atom. The molecule has 0 saturated carbocycles. The SMILES string of the molecule is CC(=O)N1Cc2ccccc2CC(C[N+](=O)[O-])C1. The molecule has 1 atom stereocenters. The maximum absolute atomic E-state index is 11.5. The molecule has 0 spiro atoms. The van der Waals surface area contributed by atoms with Gasteiger partial charge in [0.25, 0.3) is 0 Å². The second kappa shape index (κ2) is 5.16. The highest BCUT2D eigenvalue weighted by atomic mass is 16.6. The molecule has 0 aromatic heterocycles. The first-order chi connectivity index (χ1) is 8.56. The molecule has 5 nitrogen and oxygen atoms in total. The first kappa shape index (κ1) is 12.5. The second-order valence-electron chi connectivity index (χ2n) is 4.75. The van der Waals surface area contributed by atoms with Gasteiger partial charge in [0.1, 0.15) is 0 Å². The number of amides is 1. The van der Waals surface area contributed by atoms with Crippen LogP contribution in [0, 0.1) is 16.0 Å². The topological polar surface area (TPSA) is 63.5 Å². The van der Waals surface area contributed by atoms with Gasteiger partial charge in [0.05, 0.1) is 0 Å². The Morgan fingerprint density at radius 3 is 2.72 bits per heavy atom. The van der Waals surface area contributed by atoms with Crippen molar-refractivity contribution in [3.05, 3.63) is 45.5 Å². The van der Waals surface area contributed by atoms with E-state index in [1.165, 1.54) is 6.92 Å². The molecule has 96 valence electrons. The summed E-state index contributed by atoms with van der Waals surface area (Å²) in [5.74, 6) is -0.132. The summed E-state index contributed by atoms with van der Waals surface area (Å²) in [4.78, 5) is 23.6. The average Bonchev–Trinajstić information content (AvgIpc) is 2.46. The van der Waals surface area contributed by atoms with E-state index in [0.29, 0.717) is 19.5 Å². The van der Waals surface area contributed by atoms with E-state index in [1.54, 1.807) is 4.90 Å². The number of nitrogens with zero attached hydrogens (tertiary/aromatic N) is 2. The van der Waals surface area contributed by atoms with Crippen molar-refractivity contribution in [3.8, 4) is 0 Å². The molecular weight excluding hydrogens is 232 g/mol. The molecule has 1 aliphatic heterocycles. The van der Waals surface area contributed by atoms with Crippen LogP contribution >= 0.6 is 0 Å². The van der Waals surface area contributed by atoms with Crippen LogP contribution in [-0.2, 0) is 17.8 Å². The summed E-state index contributed by atoms with van der Waals surface area (Å²) in [6.07, 6.45) is 0.668. The summed E-state index contributed by atoms with van der Waals surface area (Å²) < 4.78 is 0. The molecule has 1 aromatic rings.